The highest BCUT2D eigenvalue weighted by molar-refractivity contribution is 6.10. The van der Waals surface area contributed by atoms with Gasteiger partial charge in [0.05, 0.1) is 0 Å². The Kier molecular flexibility index (Phi) is 4.40. The van der Waals surface area contributed by atoms with Gasteiger partial charge in [0.1, 0.15) is 0 Å². The molecule has 148 valence electrons. The molecule has 3 aliphatic rings. The molecule has 0 spiro atoms. The number of urea groups is 1. The smallest absolute Gasteiger partial charge is 0.302 e. The summed E-state index contributed by atoms with van der Waals surface area (Å²) in [4.78, 5) is 37.7. The third kappa shape index (κ3) is 2.45. The number of allylic oxidation sites excluding steroid dienone is 2. The average Bonchev–Trinajstić information content (AvgIpc) is 3.19. The van der Waals surface area contributed by atoms with Gasteiger partial charge in [-0.2, -0.15) is 0 Å². The third-order valence-corrected chi connectivity index (χ3v) is 5.94. The predicted molar refractivity (Wildman–Crippen MR) is 109 cm³/mol. The first-order valence-corrected chi connectivity index (χ1v) is 9.92. The molecule has 1 saturated heterocycles. The SMILES string of the molecule is CCCN1C(=O)C2C(N=C3N(c4ccc(CC)cc4)C(C)=C(C)N32)N(C)C1=O. The van der Waals surface area contributed by atoms with E-state index in [1.54, 1.807) is 11.9 Å². The molecule has 3 amide bonds. The number of imide groups is 1. The molecule has 2 unspecified atom stereocenters. The van der Waals surface area contributed by atoms with Crippen molar-refractivity contribution in [2.45, 2.75) is 52.7 Å². The number of rotatable bonds is 4. The molecule has 1 aromatic rings. The molecule has 4 rings (SSSR count). The summed E-state index contributed by atoms with van der Waals surface area (Å²) in [6, 6.07) is 7.64. The largest absolute Gasteiger partial charge is 0.328 e. The number of hydrogen-bond donors (Lipinski definition) is 0. The van der Waals surface area contributed by atoms with Crippen molar-refractivity contribution in [3.63, 3.8) is 0 Å². The zero-order valence-electron chi connectivity index (χ0n) is 17.1. The molecule has 3 heterocycles. The second-order valence-corrected chi connectivity index (χ2v) is 7.57. The van der Waals surface area contributed by atoms with Gasteiger partial charge in [-0.15, -0.1) is 0 Å². The van der Waals surface area contributed by atoms with E-state index in [9.17, 15) is 9.59 Å². The fourth-order valence-corrected chi connectivity index (χ4v) is 4.23. The maximum absolute atomic E-state index is 13.2. The first kappa shape index (κ1) is 18.5. The van der Waals surface area contributed by atoms with Gasteiger partial charge in [-0.1, -0.05) is 26.0 Å². The van der Waals surface area contributed by atoms with Crippen molar-refractivity contribution in [1.82, 2.24) is 14.7 Å². The summed E-state index contributed by atoms with van der Waals surface area (Å²) < 4.78 is 0. The molecule has 7 heteroatoms. The summed E-state index contributed by atoms with van der Waals surface area (Å²) in [6.45, 7) is 8.59. The number of fused-ring (bicyclic) bond motifs is 3. The quantitative estimate of drug-likeness (QED) is 0.805. The third-order valence-electron chi connectivity index (χ3n) is 5.94. The molecule has 0 aromatic heterocycles. The van der Waals surface area contributed by atoms with E-state index in [1.165, 1.54) is 10.5 Å². The van der Waals surface area contributed by atoms with E-state index in [0.29, 0.717) is 6.54 Å². The zero-order chi connectivity index (χ0) is 20.2. The molecule has 1 aromatic carbocycles. The van der Waals surface area contributed by atoms with Crippen molar-refractivity contribution < 1.29 is 9.59 Å². The minimum absolute atomic E-state index is 0.163. The van der Waals surface area contributed by atoms with Gasteiger partial charge in [0.2, 0.25) is 5.96 Å². The number of carbonyl (C=O) groups excluding carboxylic acids is 2. The molecule has 1 fully saturated rings. The zero-order valence-corrected chi connectivity index (χ0v) is 17.1. The van der Waals surface area contributed by atoms with Crippen molar-refractivity contribution in [1.29, 1.82) is 0 Å². The molecule has 0 aliphatic carbocycles. The average molecular weight is 381 g/mol. The van der Waals surface area contributed by atoms with Crippen LogP contribution < -0.4 is 4.90 Å². The van der Waals surface area contributed by atoms with Crippen LogP contribution in [0.15, 0.2) is 40.7 Å². The summed E-state index contributed by atoms with van der Waals surface area (Å²) in [5.74, 6) is 0.560. The van der Waals surface area contributed by atoms with E-state index < -0.39 is 12.2 Å². The topological polar surface area (TPSA) is 59.5 Å². The minimum atomic E-state index is -0.501. The molecule has 0 saturated carbocycles. The molecule has 7 nitrogen and oxygen atoms in total. The number of carbonyl (C=O) groups is 2. The van der Waals surface area contributed by atoms with Gasteiger partial charge in [0.15, 0.2) is 12.2 Å². The van der Waals surface area contributed by atoms with Crippen LogP contribution in [0, 0.1) is 0 Å². The molecule has 0 radical (unpaired) electrons. The molecule has 0 bridgehead atoms. The van der Waals surface area contributed by atoms with E-state index in [-0.39, 0.29) is 11.9 Å². The maximum Gasteiger partial charge on any atom is 0.328 e. The van der Waals surface area contributed by atoms with Gasteiger partial charge in [-0.05, 0) is 44.4 Å². The Balaban J connectivity index is 1.75. The van der Waals surface area contributed by atoms with Crippen LogP contribution in [0.4, 0.5) is 10.5 Å². The number of aliphatic imine (C=N–C) groups is 1. The van der Waals surface area contributed by atoms with Crippen LogP contribution in [-0.4, -0.2) is 58.4 Å². The number of hydrogen-bond acceptors (Lipinski definition) is 5. The number of amides is 3. The number of benzene rings is 1. The van der Waals surface area contributed by atoms with Crippen LogP contribution in [0.3, 0.4) is 0 Å². The second kappa shape index (κ2) is 6.65. The Labute approximate surface area is 165 Å². The van der Waals surface area contributed by atoms with E-state index in [2.05, 4.69) is 36.1 Å². The number of nitrogens with zero attached hydrogens (tertiary/aromatic N) is 5. The highest BCUT2D eigenvalue weighted by Gasteiger charge is 2.55. The number of guanidine groups is 1. The van der Waals surface area contributed by atoms with Gasteiger partial charge in [-0.3, -0.25) is 19.5 Å². The Morgan fingerprint density at radius 1 is 1.04 bits per heavy atom. The fraction of sp³-hybridized carbons (Fsp3) is 0.476. The summed E-state index contributed by atoms with van der Waals surface area (Å²) >= 11 is 0. The summed E-state index contributed by atoms with van der Waals surface area (Å²) in [5, 5.41) is 0. The van der Waals surface area contributed by atoms with Gasteiger partial charge >= 0.3 is 6.03 Å². The van der Waals surface area contributed by atoms with E-state index in [0.717, 1.165) is 35.9 Å². The maximum atomic E-state index is 13.2. The van der Waals surface area contributed by atoms with E-state index >= 15 is 0 Å². The summed E-state index contributed by atoms with van der Waals surface area (Å²) in [6.07, 6.45) is 1.23. The summed E-state index contributed by atoms with van der Waals surface area (Å²) in [7, 11) is 1.73. The lowest BCUT2D eigenvalue weighted by atomic mass is 10.1. The number of anilines is 1. The van der Waals surface area contributed by atoms with Crippen molar-refractivity contribution in [3.05, 3.63) is 41.2 Å². The van der Waals surface area contributed by atoms with E-state index in [4.69, 9.17) is 4.99 Å². The lowest BCUT2D eigenvalue weighted by Crippen LogP contribution is -2.64. The standard InChI is InChI=1S/C21H27N5O2/c1-6-12-24-19(27)17-18(23(5)21(24)28)22-20-25(13(3)14(4)26(17)20)16-10-8-15(7-2)9-11-16/h8-11,17-18H,6-7,12H2,1-5H3. The number of likely N-dealkylation sites (N-methyl/N-ethyl adjacent to an activating group) is 1. The molecule has 2 atom stereocenters. The van der Waals surface area contributed by atoms with Gasteiger partial charge in [-0.25, -0.2) is 9.79 Å². The Morgan fingerprint density at radius 3 is 2.32 bits per heavy atom. The highest BCUT2D eigenvalue weighted by Crippen LogP contribution is 2.39. The van der Waals surface area contributed by atoms with Crippen LogP contribution in [-0.2, 0) is 11.2 Å². The molecular weight excluding hydrogens is 354 g/mol. The Hall–Kier alpha value is -2.83. The molecule has 28 heavy (non-hydrogen) atoms. The van der Waals surface area contributed by atoms with Crippen molar-refractivity contribution in [3.8, 4) is 0 Å². The van der Waals surface area contributed by atoms with Crippen molar-refractivity contribution >= 4 is 23.6 Å². The highest BCUT2D eigenvalue weighted by atomic mass is 16.2. The first-order chi connectivity index (χ1) is 13.4. The first-order valence-electron chi connectivity index (χ1n) is 9.92. The summed E-state index contributed by atoms with van der Waals surface area (Å²) in [5.41, 5.74) is 4.34. The molecular formula is C21H27N5O2. The Morgan fingerprint density at radius 2 is 1.71 bits per heavy atom. The molecule has 0 N–H and O–H groups in total. The lowest BCUT2D eigenvalue weighted by Gasteiger charge is -2.40. The van der Waals surface area contributed by atoms with Crippen molar-refractivity contribution in [2.24, 2.45) is 4.99 Å². The number of aryl methyl sites for hydroxylation is 1. The van der Waals surface area contributed by atoms with Gasteiger partial charge in [0, 0.05) is 30.7 Å². The normalized spacial score (nSPS) is 24.2. The van der Waals surface area contributed by atoms with Crippen LogP contribution >= 0.6 is 0 Å². The van der Waals surface area contributed by atoms with Crippen LogP contribution in [0.1, 0.15) is 39.7 Å². The monoisotopic (exact) mass is 381 g/mol. The predicted octanol–water partition coefficient (Wildman–Crippen LogP) is 2.99. The lowest BCUT2D eigenvalue weighted by molar-refractivity contribution is -0.136. The van der Waals surface area contributed by atoms with Crippen LogP contribution in [0.5, 0.6) is 0 Å². The van der Waals surface area contributed by atoms with Gasteiger partial charge in [0.25, 0.3) is 5.91 Å². The molecule has 3 aliphatic heterocycles. The van der Waals surface area contributed by atoms with Crippen molar-refractivity contribution in [2.75, 3.05) is 18.5 Å². The second-order valence-electron chi connectivity index (χ2n) is 7.57. The Bertz CT molecular complexity index is 889. The van der Waals surface area contributed by atoms with E-state index in [1.807, 2.05) is 25.7 Å². The fourth-order valence-electron chi connectivity index (χ4n) is 4.23. The minimum Gasteiger partial charge on any atom is -0.302 e. The van der Waals surface area contributed by atoms with Crippen LogP contribution in [0.2, 0.25) is 0 Å². The van der Waals surface area contributed by atoms with Gasteiger partial charge < -0.3 is 4.90 Å². The van der Waals surface area contributed by atoms with Crippen LogP contribution in [0.25, 0.3) is 0 Å².